The van der Waals surface area contributed by atoms with Crippen LogP contribution in [0.25, 0.3) is 22.8 Å². The maximum absolute atomic E-state index is 13.2. The molecule has 0 aliphatic carbocycles. The lowest BCUT2D eigenvalue weighted by atomic mass is 10.2. The van der Waals surface area contributed by atoms with Crippen LogP contribution < -0.4 is 11.0 Å². The molecule has 3 aromatic heterocycles. The van der Waals surface area contributed by atoms with Crippen LogP contribution in [0.1, 0.15) is 24.5 Å². The van der Waals surface area contributed by atoms with Crippen molar-refractivity contribution in [1.29, 1.82) is 5.26 Å². The van der Waals surface area contributed by atoms with Crippen molar-refractivity contribution >= 4 is 40.3 Å². The molecule has 0 saturated heterocycles. The Morgan fingerprint density at radius 2 is 2.06 bits per heavy atom. The van der Waals surface area contributed by atoms with Gasteiger partial charge >= 0.3 is 0 Å². The highest BCUT2D eigenvalue weighted by molar-refractivity contribution is 6.30. The summed E-state index contributed by atoms with van der Waals surface area (Å²) in [6.07, 6.45) is 5.14. The maximum Gasteiger partial charge on any atom is 0.271 e. The van der Waals surface area contributed by atoms with E-state index in [0.29, 0.717) is 42.5 Å². The van der Waals surface area contributed by atoms with Crippen LogP contribution in [0.4, 0.5) is 0 Å². The monoisotopic (exact) mass is 487 g/mol. The molecule has 1 amide bonds. The number of carbonyl (C=O) groups is 1. The molecule has 4 aromatic rings. The first-order valence-corrected chi connectivity index (χ1v) is 11.4. The lowest BCUT2D eigenvalue weighted by Gasteiger charge is -2.13. The van der Waals surface area contributed by atoms with E-state index in [4.69, 9.17) is 16.3 Å². The van der Waals surface area contributed by atoms with Crippen LogP contribution in [0.15, 0.2) is 70.6 Å². The number of carbonyl (C=O) groups excluding carboxylic acids is 1. The van der Waals surface area contributed by atoms with E-state index in [0.717, 1.165) is 5.56 Å². The van der Waals surface area contributed by atoms with Gasteiger partial charge in [0.05, 0.1) is 10.9 Å². The topological polar surface area (TPSA) is 102 Å². The lowest BCUT2D eigenvalue weighted by Crippen LogP contribution is -2.29. The summed E-state index contributed by atoms with van der Waals surface area (Å²) in [5.74, 6) is -0.549. The Bertz CT molecular complexity index is 1590. The zero-order chi connectivity index (χ0) is 24.8. The van der Waals surface area contributed by atoms with Gasteiger partial charge in [-0.25, -0.2) is 4.98 Å². The van der Waals surface area contributed by atoms with Crippen molar-refractivity contribution in [2.75, 3.05) is 13.2 Å². The number of hydrogen-bond acceptors (Lipinski definition) is 5. The standard InChI is InChI=1S/C26H22ClN5O3/c1-2-35-15-5-14-32-24(30-23(33)12-9-18-7-10-20(27)11-8-18)19(17-28)16-21-25(32)29-22-6-3-4-13-31(22)26(21)34/h3-4,6-13,16H,2,5,14-15H2,1H3. The van der Waals surface area contributed by atoms with Gasteiger partial charge in [0.15, 0.2) is 5.49 Å². The number of fused-ring (bicyclic) bond motifs is 2. The van der Waals surface area contributed by atoms with Crippen LogP contribution >= 0.6 is 11.6 Å². The molecule has 8 nitrogen and oxygen atoms in total. The second-order valence-electron chi connectivity index (χ2n) is 7.61. The molecular formula is C26H22ClN5O3. The van der Waals surface area contributed by atoms with Crippen molar-refractivity contribution in [3.05, 3.63) is 92.8 Å². The Hall–Kier alpha value is -4.06. The Balaban J connectivity index is 1.89. The van der Waals surface area contributed by atoms with Gasteiger partial charge in [-0.1, -0.05) is 29.8 Å². The zero-order valence-electron chi connectivity index (χ0n) is 19.0. The van der Waals surface area contributed by atoms with Crippen molar-refractivity contribution in [2.24, 2.45) is 4.99 Å². The summed E-state index contributed by atoms with van der Waals surface area (Å²) in [5, 5.41) is 10.7. The molecule has 35 heavy (non-hydrogen) atoms. The molecule has 0 unspecified atom stereocenters. The van der Waals surface area contributed by atoms with Gasteiger partial charge in [0, 0.05) is 37.1 Å². The molecule has 0 fully saturated rings. The van der Waals surface area contributed by atoms with Gasteiger partial charge in [-0.3, -0.25) is 14.0 Å². The van der Waals surface area contributed by atoms with Crippen molar-refractivity contribution in [3.8, 4) is 6.07 Å². The van der Waals surface area contributed by atoms with E-state index in [9.17, 15) is 14.9 Å². The van der Waals surface area contributed by atoms with Crippen molar-refractivity contribution in [2.45, 2.75) is 19.9 Å². The van der Waals surface area contributed by atoms with E-state index in [1.54, 1.807) is 59.3 Å². The minimum atomic E-state index is -0.549. The van der Waals surface area contributed by atoms with E-state index in [1.165, 1.54) is 16.5 Å². The summed E-state index contributed by atoms with van der Waals surface area (Å²) < 4.78 is 8.52. The molecule has 4 rings (SSSR count). The SMILES string of the molecule is CCOCCCn1c(=NC(=O)C=Cc2ccc(Cl)cc2)c(C#N)cc2c(=O)n3ccccc3nc21. The molecule has 0 N–H and O–H groups in total. The number of rotatable bonds is 7. The first kappa shape index (κ1) is 24.1. The van der Waals surface area contributed by atoms with Gasteiger partial charge in [-0.2, -0.15) is 10.3 Å². The maximum atomic E-state index is 13.2. The number of amides is 1. The van der Waals surface area contributed by atoms with Gasteiger partial charge in [-0.05, 0) is 55.3 Å². The molecule has 3 heterocycles. The third-order valence-electron chi connectivity index (χ3n) is 5.29. The predicted octanol–water partition coefficient (Wildman–Crippen LogP) is 3.74. The first-order valence-electron chi connectivity index (χ1n) is 11.1. The number of nitriles is 1. The number of pyridine rings is 2. The summed E-state index contributed by atoms with van der Waals surface area (Å²) in [4.78, 5) is 34.8. The highest BCUT2D eigenvalue weighted by Crippen LogP contribution is 2.12. The van der Waals surface area contributed by atoms with E-state index >= 15 is 0 Å². The molecule has 176 valence electrons. The summed E-state index contributed by atoms with van der Waals surface area (Å²) in [7, 11) is 0. The molecule has 1 aromatic carbocycles. The predicted molar refractivity (Wildman–Crippen MR) is 134 cm³/mol. The average Bonchev–Trinajstić information content (AvgIpc) is 2.87. The summed E-state index contributed by atoms with van der Waals surface area (Å²) in [5.41, 5.74) is 1.54. The third-order valence-corrected chi connectivity index (χ3v) is 5.54. The molecule has 0 bridgehead atoms. The summed E-state index contributed by atoms with van der Waals surface area (Å²) in [6, 6.07) is 15.8. The second-order valence-corrected chi connectivity index (χ2v) is 8.05. The van der Waals surface area contributed by atoms with Crippen molar-refractivity contribution in [3.63, 3.8) is 0 Å². The smallest absolute Gasteiger partial charge is 0.271 e. The molecule has 0 atom stereocenters. The first-order chi connectivity index (χ1) is 17.0. The van der Waals surface area contributed by atoms with Crippen LogP contribution in [0.5, 0.6) is 0 Å². The number of benzene rings is 1. The van der Waals surface area contributed by atoms with Gasteiger partial charge in [-0.15, -0.1) is 0 Å². The average molecular weight is 488 g/mol. The van der Waals surface area contributed by atoms with Gasteiger partial charge < -0.3 is 9.30 Å². The number of nitrogens with zero attached hydrogens (tertiary/aromatic N) is 5. The number of aromatic nitrogens is 3. The Morgan fingerprint density at radius 3 is 2.80 bits per heavy atom. The van der Waals surface area contributed by atoms with Crippen LogP contribution in [0.2, 0.25) is 5.02 Å². The van der Waals surface area contributed by atoms with Gasteiger partial charge in [0.2, 0.25) is 0 Å². The van der Waals surface area contributed by atoms with E-state index < -0.39 is 5.91 Å². The molecule has 0 aliphatic rings. The molecule has 0 aliphatic heterocycles. The third kappa shape index (κ3) is 5.38. The molecule has 0 saturated carbocycles. The number of aryl methyl sites for hydroxylation is 1. The van der Waals surface area contributed by atoms with Crippen LogP contribution in [-0.2, 0) is 16.1 Å². The highest BCUT2D eigenvalue weighted by atomic mass is 35.5. The fourth-order valence-corrected chi connectivity index (χ4v) is 3.77. The molecular weight excluding hydrogens is 466 g/mol. The number of hydrogen-bond donors (Lipinski definition) is 0. The van der Waals surface area contributed by atoms with Gasteiger partial charge in [0.25, 0.3) is 11.5 Å². The minimum absolute atomic E-state index is 0.108. The fraction of sp³-hybridized carbons (Fsp3) is 0.192. The molecule has 0 radical (unpaired) electrons. The van der Waals surface area contributed by atoms with E-state index in [-0.39, 0.29) is 22.0 Å². The van der Waals surface area contributed by atoms with Crippen LogP contribution in [-0.4, -0.2) is 33.1 Å². The largest absolute Gasteiger partial charge is 0.382 e. The Labute approximate surface area is 206 Å². The van der Waals surface area contributed by atoms with Crippen LogP contribution in [0.3, 0.4) is 0 Å². The lowest BCUT2D eigenvalue weighted by molar-refractivity contribution is -0.113. The van der Waals surface area contributed by atoms with Crippen molar-refractivity contribution in [1.82, 2.24) is 14.0 Å². The van der Waals surface area contributed by atoms with E-state index in [2.05, 4.69) is 16.0 Å². The molecule has 0 spiro atoms. The van der Waals surface area contributed by atoms with Gasteiger partial charge in [0.1, 0.15) is 17.4 Å². The number of halogens is 1. The van der Waals surface area contributed by atoms with E-state index in [1.807, 2.05) is 6.92 Å². The minimum Gasteiger partial charge on any atom is -0.382 e. The van der Waals surface area contributed by atoms with Crippen LogP contribution in [0, 0.1) is 11.3 Å². The Morgan fingerprint density at radius 1 is 1.26 bits per heavy atom. The second kappa shape index (κ2) is 10.9. The molecule has 9 heteroatoms. The normalized spacial score (nSPS) is 12.0. The zero-order valence-corrected chi connectivity index (χ0v) is 19.8. The fourth-order valence-electron chi connectivity index (χ4n) is 3.64. The number of ether oxygens (including phenoxy) is 1. The van der Waals surface area contributed by atoms with Crippen molar-refractivity contribution < 1.29 is 9.53 Å². The summed E-state index contributed by atoms with van der Waals surface area (Å²) in [6.45, 7) is 3.30. The Kier molecular flexibility index (Phi) is 7.51. The summed E-state index contributed by atoms with van der Waals surface area (Å²) >= 11 is 5.91. The quantitative estimate of drug-likeness (QED) is 0.224. The highest BCUT2D eigenvalue weighted by Gasteiger charge is 2.14.